The third-order valence-electron chi connectivity index (χ3n) is 12.6. The van der Waals surface area contributed by atoms with Gasteiger partial charge in [-0.2, -0.15) is 0 Å². The molecule has 2 fully saturated rings. The van der Waals surface area contributed by atoms with Crippen LogP contribution in [0.5, 0.6) is 0 Å². The van der Waals surface area contributed by atoms with Gasteiger partial charge in [-0.15, -0.1) is 0 Å². The first-order chi connectivity index (χ1) is 32.9. The van der Waals surface area contributed by atoms with Crippen LogP contribution in [0, 0.1) is 0 Å². The largest absolute Gasteiger partial charge is 0.375 e. The monoisotopic (exact) mass is 985 g/mol. The Balaban J connectivity index is 1.37. The molecule has 9 N–H and O–H groups in total. The van der Waals surface area contributed by atoms with Crippen molar-refractivity contribution in [1.29, 1.82) is 0 Å². The van der Waals surface area contributed by atoms with Gasteiger partial charge in [0.2, 0.25) is 35.4 Å². The lowest BCUT2D eigenvalue weighted by Crippen LogP contribution is -2.54. The van der Waals surface area contributed by atoms with Crippen molar-refractivity contribution < 1.29 is 47.8 Å². The van der Waals surface area contributed by atoms with Crippen molar-refractivity contribution in [2.24, 2.45) is 0 Å². The van der Waals surface area contributed by atoms with Crippen molar-refractivity contribution in [3.05, 3.63) is 35.4 Å². The summed E-state index contributed by atoms with van der Waals surface area (Å²) in [7, 11) is 0. The number of unbranched alkanes of at least 4 members (excludes halogenated alkanes) is 2. The SMILES string of the molecule is CCN(CC)CCCC[C@H](NC(=O)CNC(=O)[C@H](C)NC(=O)CNC(=O)c1ccc(C(C)(C)C)cc1)C(=O)NCC(=O)NC(C)(C)CCOC(C)(C)CCNC(=O)CCCC[C@@H]1OC[C@@H]2NC(=O)N[C@@H]21. The minimum absolute atomic E-state index is 0.0136. The molecule has 20 nitrogen and oxygen atoms in total. The Labute approximate surface area is 415 Å². The van der Waals surface area contributed by atoms with Crippen LogP contribution >= 0.6 is 0 Å². The summed E-state index contributed by atoms with van der Waals surface area (Å²) >= 11 is 0. The molecule has 394 valence electrons. The zero-order valence-electron chi connectivity index (χ0n) is 43.5. The highest BCUT2D eigenvalue weighted by atomic mass is 16.5. The number of urea groups is 1. The third-order valence-corrected chi connectivity index (χ3v) is 12.6. The molecule has 70 heavy (non-hydrogen) atoms. The fourth-order valence-corrected chi connectivity index (χ4v) is 8.10. The molecule has 0 radical (unpaired) electrons. The van der Waals surface area contributed by atoms with Crippen LogP contribution in [0.2, 0.25) is 0 Å². The fraction of sp³-hybridized carbons (Fsp3) is 0.720. The number of hydrogen-bond acceptors (Lipinski definition) is 11. The molecule has 0 unspecified atom stereocenters. The summed E-state index contributed by atoms with van der Waals surface area (Å²) in [4.78, 5) is 104. The van der Waals surface area contributed by atoms with E-state index in [0.29, 0.717) is 57.4 Å². The highest BCUT2D eigenvalue weighted by Crippen LogP contribution is 2.24. The molecule has 0 spiro atoms. The minimum atomic E-state index is -1.03. The Hall–Kier alpha value is -5.34. The van der Waals surface area contributed by atoms with Crippen molar-refractivity contribution in [3.8, 4) is 0 Å². The molecule has 0 aromatic heterocycles. The Morgan fingerprint density at radius 1 is 0.757 bits per heavy atom. The Kier molecular flexibility index (Phi) is 24.0. The molecule has 0 saturated carbocycles. The van der Waals surface area contributed by atoms with Crippen LogP contribution in [-0.2, 0) is 43.7 Å². The van der Waals surface area contributed by atoms with Crippen molar-refractivity contribution in [2.45, 2.75) is 174 Å². The highest BCUT2D eigenvalue weighted by Gasteiger charge is 2.43. The standard InChI is InChI=1S/C50H84N10O10/c1-11-60(12-2)27-16-15-17-36(56-41(63)30-52-44(65)33(3)55-40(62)29-53-45(66)34-20-22-35(23-21-34)48(4,5)6)46(67)54-31-42(64)59-49(7,8)25-28-70-50(9,10)24-26-51-39(61)19-14-13-18-38-43-37(32-69-38)57-47(68)58-43/h20-23,33,36-38,43H,11-19,24-32H2,1-10H3,(H,51,61)(H,52,65)(H,53,66)(H,54,67)(H,55,62)(H,56,63)(H,59,64)(H2,57,58,68)/t33-,36-,37-,38-,43-/m0/s1. The molecular weight excluding hydrogens is 901 g/mol. The maximum absolute atomic E-state index is 13.4. The fourth-order valence-electron chi connectivity index (χ4n) is 8.10. The molecule has 1 aromatic carbocycles. The Morgan fingerprint density at radius 2 is 1.40 bits per heavy atom. The number of fused-ring (bicyclic) bond motifs is 1. The summed E-state index contributed by atoms with van der Waals surface area (Å²) in [6, 6.07) is 4.94. The molecule has 2 aliphatic rings. The normalized spacial score (nSPS) is 17.6. The summed E-state index contributed by atoms with van der Waals surface area (Å²) in [6.45, 7) is 22.1. The lowest BCUT2D eigenvalue weighted by atomic mass is 9.87. The number of amides is 9. The molecule has 2 aliphatic heterocycles. The van der Waals surface area contributed by atoms with E-state index < -0.39 is 65.2 Å². The van der Waals surface area contributed by atoms with E-state index >= 15 is 0 Å². The summed E-state index contributed by atoms with van der Waals surface area (Å²) in [5, 5.41) is 24.5. The van der Waals surface area contributed by atoms with Gasteiger partial charge in [-0.25, -0.2) is 4.79 Å². The van der Waals surface area contributed by atoms with Gasteiger partial charge in [0.15, 0.2) is 0 Å². The molecule has 9 amide bonds. The third kappa shape index (κ3) is 21.7. The predicted molar refractivity (Wildman–Crippen MR) is 267 cm³/mol. The number of benzene rings is 1. The Morgan fingerprint density at radius 3 is 2.07 bits per heavy atom. The summed E-state index contributed by atoms with van der Waals surface area (Å²) in [5.41, 5.74) is 0.152. The van der Waals surface area contributed by atoms with E-state index in [-0.39, 0.29) is 48.6 Å². The highest BCUT2D eigenvalue weighted by molar-refractivity contribution is 5.97. The zero-order valence-corrected chi connectivity index (χ0v) is 43.5. The molecule has 1 aromatic rings. The van der Waals surface area contributed by atoms with Gasteiger partial charge < -0.3 is 62.2 Å². The second kappa shape index (κ2) is 28.5. The van der Waals surface area contributed by atoms with Crippen LogP contribution in [0.25, 0.3) is 0 Å². The van der Waals surface area contributed by atoms with E-state index in [1.165, 1.54) is 6.92 Å². The van der Waals surface area contributed by atoms with Gasteiger partial charge in [-0.1, -0.05) is 53.2 Å². The molecule has 2 heterocycles. The van der Waals surface area contributed by atoms with E-state index in [9.17, 15) is 38.4 Å². The van der Waals surface area contributed by atoms with Crippen molar-refractivity contribution in [3.63, 3.8) is 0 Å². The van der Waals surface area contributed by atoms with Gasteiger partial charge in [0.25, 0.3) is 5.91 Å². The lowest BCUT2D eigenvalue weighted by Gasteiger charge is -2.30. The van der Waals surface area contributed by atoms with E-state index in [1.54, 1.807) is 12.1 Å². The maximum atomic E-state index is 13.4. The van der Waals surface area contributed by atoms with Crippen LogP contribution in [0.4, 0.5) is 4.79 Å². The van der Waals surface area contributed by atoms with Gasteiger partial charge >= 0.3 is 6.03 Å². The zero-order chi connectivity index (χ0) is 52.1. The van der Waals surface area contributed by atoms with Crippen LogP contribution in [-0.4, -0.2) is 153 Å². The van der Waals surface area contributed by atoms with Gasteiger partial charge in [-0.05, 0) is 122 Å². The number of hydrogen-bond donors (Lipinski definition) is 9. The molecule has 0 bridgehead atoms. The Bertz CT molecular complexity index is 1900. The van der Waals surface area contributed by atoms with E-state index in [0.717, 1.165) is 50.9 Å². The van der Waals surface area contributed by atoms with E-state index in [2.05, 4.69) is 87.4 Å². The van der Waals surface area contributed by atoms with Gasteiger partial charge in [-0.3, -0.25) is 33.6 Å². The maximum Gasteiger partial charge on any atom is 0.315 e. The molecule has 2 saturated heterocycles. The van der Waals surface area contributed by atoms with Crippen LogP contribution < -0.4 is 47.9 Å². The number of carbonyl (C=O) groups excluding carboxylic acids is 8. The predicted octanol–water partition coefficient (Wildman–Crippen LogP) is 2.04. The van der Waals surface area contributed by atoms with Crippen LogP contribution in [0.3, 0.4) is 0 Å². The number of ether oxygens (including phenoxy) is 2. The van der Waals surface area contributed by atoms with E-state index in [1.807, 2.05) is 39.8 Å². The smallest absolute Gasteiger partial charge is 0.315 e. The molecule has 20 heteroatoms. The van der Waals surface area contributed by atoms with Crippen molar-refractivity contribution in [1.82, 2.24) is 52.8 Å². The first-order valence-corrected chi connectivity index (χ1v) is 25.1. The van der Waals surface area contributed by atoms with Crippen molar-refractivity contribution >= 4 is 47.4 Å². The molecule has 0 aliphatic carbocycles. The number of carbonyl (C=O) groups is 8. The first-order valence-electron chi connectivity index (χ1n) is 25.1. The second-order valence-corrected chi connectivity index (χ2v) is 20.6. The van der Waals surface area contributed by atoms with Gasteiger partial charge in [0, 0.05) is 30.7 Å². The second-order valence-electron chi connectivity index (χ2n) is 20.6. The van der Waals surface area contributed by atoms with E-state index in [4.69, 9.17) is 9.47 Å². The summed E-state index contributed by atoms with van der Waals surface area (Å²) in [6.07, 6.45) is 5.41. The molecule has 3 rings (SSSR count). The minimum Gasteiger partial charge on any atom is -0.375 e. The van der Waals surface area contributed by atoms with Crippen LogP contribution in [0.1, 0.15) is 143 Å². The number of nitrogens with zero attached hydrogens (tertiary/aromatic N) is 1. The quantitative estimate of drug-likeness (QED) is 0.0486. The lowest BCUT2D eigenvalue weighted by molar-refractivity contribution is -0.132. The average Bonchev–Trinajstić information content (AvgIpc) is 3.85. The number of nitrogens with one attached hydrogen (secondary N) is 9. The average molecular weight is 985 g/mol. The molecular formula is C50H84N10O10. The molecule has 5 atom stereocenters. The first kappa shape index (κ1) is 59.0. The van der Waals surface area contributed by atoms with Crippen LogP contribution in [0.15, 0.2) is 24.3 Å². The van der Waals surface area contributed by atoms with Crippen molar-refractivity contribution in [2.75, 3.05) is 59.0 Å². The summed E-state index contributed by atoms with van der Waals surface area (Å²) < 4.78 is 11.9. The topological polar surface area (TPSA) is 267 Å². The number of rotatable bonds is 31. The summed E-state index contributed by atoms with van der Waals surface area (Å²) in [5.74, 6) is -3.31. The van der Waals surface area contributed by atoms with Gasteiger partial charge in [0.1, 0.15) is 12.1 Å². The van der Waals surface area contributed by atoms with Gasteiger partial charge in [0.05, 0.1) is 50.0 Å².